The minimum atomic E-state index is 0.763. The van der Waals surface area contributed by atoms with E-state index in [9.17, 15) is 0 Å². The molecule has 0 aliphatic carbocycles. The Morgan fingerprint density at radius 3 is 2.71 bits per heavy atom. The van der Waals surface area contributed by atoms with E-state index >= 15 is 0 Å². The van der Waals surface area contributed by atoms with Gasteiger partial charge in [0.2, 0.25) is 0 Å². The minimum absolute atomic E-state index is 0.763. The van der Waals surface area contributed by atoms with E-state index in [0.29, 0.717) is 0 Å². The molecule has 2 heteroatoms. The SMILES string of the molecule is Cc1cccc(C)c1COCCC1CCNC1. The van der Waals surface area contributed by atoms with Gasteiger partial charge in [0, 0.05) is 6.61 Å². The van der Waals surface area contributed by atoms with E-state index in [-0.39, 0.29) is 0 Å². The first-order chi connectivity index (χ1) is 8.27. The number of nitrogens with one attached hydrogen (secondary N) is 1. The Morgan fingerprint density at radius 2 is 2.06 bits per heavy atom. The van der Waals surface area contributed by atoms with E-state index in [4.69, 9.17) is 4.74 Å². The second-order valence-corrected chi connectivity index (χ2v) is 5.07. The van der Waals surface area contributed by atoms with Gasteiger partial charge in [-0.2, -0.15) is 0 Å². The molecule has 0 aromatic heterocycles. The van der Waals surface area contributed by atoms with Gasteiger partial charge >= 0.3 is 0 Å². The van der Waals surface area contributed by atoms with Gasteiger partial charge in [0.1, 0.15) is 0 Å². The Kier molecular flexibility index (Phi) is 4.57. The lowest BCUT2D eigenvalue weighted by atomic mass is 10.0. The third-order valence-electron chi connectivity index (χ3n) is 3.72. The maximum atomic E-state index is 5.82. The number of aryl methyl sites for hydroxylation is 2. The lowest BCUT2D eigenvalue weighted by Gasteiger charge is -2.12. The summed E-state index contributed by atoms with van der Waals surface area (Å²) >= 11 is 0. The molecule has 1 aliphatic rings. The number of benzene rings is 1. The quantitative estimate of drug-likeness (QED) is 0.790. The average Bonchev–Trinajstić information content (AvgIpc) is 2.80. The molecule has 1 unspecified atom stereocenters. The Morgan fingerprint density at radius 1 is 1.29 bits per heavy atom. The van der Waals surface area contributed by atoms with Crippen molar-refractivity contribution in [3.8, 4) is 0 Å². The van der Waals surface area contributed by atoms with Gasteiger partial charge in [-0.1, -0.05) is 18.2 Å². The molecular formula is C15H23NO. The Labute approximate surface area is 104 Å². The first-order valence-electron chi connectivity index (χ1n) is 6.61. The zero-order valence-corrected chi connectivity index (χ0v) is 11.0. The van der Waals surface area contributed by atoms with Crippen LogP contribution in [0.4, 0.5) is 0 Å². The van der Waals surface area contributed by atoms with E-state index in [1.54, 1.807) is 0 Å². The van der Waals surface area contributed by atoms with Gasteiger partial charge in [-0.15, -0.1) is 0 Å². The predicted octanol–water partition coefficient (Wildman–Crippen LogP) is 2.82. The van der Waals surface area contributed by atoms with Gasteiger partial charge in [-0.05, 0) is 62.4 Å². The topological polar surface area (TPSA) is 21.3 Å². The number of hydrogen-bond donors (Lipinski definition) is 1. The molecule has 1 saturated heterocycles. The largest absolute Gasteiger partial charge is 0.377 e. The van der Waals surface area contributed by atoms with Crippen LogP contribution in [-0.4, -0.2) is 19.7 Å². The van der Waals surface area contributed by atoms with Gasteiger partial charge in [0.05, 0.1) is 6.61 Å². The summed E-state index contributed by atoms with van der Waals surface area (Å²) in [4.78, 5) is 0. The van der Waals surface area contributed by atoms with Crippen LogP contribution in [0.3, 0.4) is 0 Å². The molecule has 17 heavy (non-hydrogen) atoms. The molecular weight excluding hydrogens is 210 g/mol. The fourth-order valence-corrected chi connectivity index (χ4v) is 2.46. The lowest BCUT2D eigenvalue weighted by molar-refractivity contribution is 0.108. The van der Waals surface area contributed by atoms with Crippen molar-refractivity contribution in [3.63, 3.8) is 0 Å². The van der Waals surface area contributed by atoms with Crippen molar-refractivity contribution in [1.29, 1.82) is 0 Å². The molecule has 2 rings (SSSR count). The van der Waals surface area contributed by atoms with E-state index in [1.807, 2.05) is 0 Å². The second-order valence-electron chi connectivity index (χ2n) is 5.07. The third kappa shape index (κ3) is 3.55. The van der Waals surface area contributed by atoms with Crippen LogP contribution in [0.15, 0.2) is 18.2 Å². The van der Waals surface area contributed by atoms with Crippen molar-refractivity contribution >= 4 is 0 Å². The zero-order chi connectivity index (χ0) is 12.1. The fourth-order valence-electron chi connectivity index (χ4n) is 2.46. The molecule has 1 aliphatic heterocycles. The Balaban J connectivity index is 1.74. The van der Waals surface area contributed by atoms with Crippen LogP contribution in [0.1, 0.15) is 29.5 Å². The van der Waals surface area contributed by atoms with E-state index in [1.165, 1.54) is 42.6 Å². The van der Waals surface area contributed by atoms with Crippen LogP contribution in [0.25, 0.3) is 0 Å². The number of rotatable bonds is 5. The van der Waals surface area contributed by atoms with Crippen LogP contribution >= 0.6 is 0 Å². The van der Waals surface area contributed by atoms with Gasteiger partial charge in [0.25, 0.3) is 0 Å². The molecule has 1 aromatic rings. The standard InChI is InChI=1S/C15H23NO/c1-12-4-3-5-13(2)15(12)11-17-9-7-14-6-8-16-10-14/h3-5,14,16H,6-11H2,1-2H3. The maximum absolute atomic E-state index is 5.82. The molecule has 1 N–H and O–H groups in total. The van der Waals surface area contributed by atoms with Gasteiger partial charge in [0.15, 0.2) is 0 Å². The molecule has 0 bridgehead atoms. The summed E-state index contributed by atoms with van der Waals surface area (Å²) in [7, 11) is 0. The van der Waals surface area contributed by atoms with Crippen molar-refractivity contribution in [2.45, 2.75) is 33.3 Å². The van der Waals surface area contributed by atoms with Gasteiger partial charge < -0.3 is 10.1 Å². The summed E-state index contributed by atoms with van der Waals surface area (Å²) in [5.41, 5.74) is 4.04. The van der Waals surface area contributed by atoms with E-state index in [0.717, 1.165) is 19.1 Å². The molecule has 1 fully saturated rings. The Bertz CT molecular complexity index is 336. The summed E-state index contributed by atoms with van der Waals surface area (Å²) in [6, 6.07) is 6.43. The Hall–Kier alpha value is -0.860. The highest BCUT2D eigenvalue weighted by molar-refractivity contribution is 5.32. The van der Waals surface area contributed by atoms with Crippen molar-refractivity contribution in [3.05, 3.63) is 34.9 Å². The molecule has 1 atom stereocenters. The molecule has 0 amide bonds. The monoisotopic (exact) mass is 233 g/mol. The van der Waals surface area contributed by atoms with Crippen LogP contribution in [0.5, 0.6) is 0 Å². The van der Waals surface area contributed by atoms with Gasteiger partial charge in [-0.3, -0.25) is 0 Å². The highest BCUT2D eigenvalue weighted by Gasteiger charge is 2.13. The van der Waals surface area contributed by atoms with E-state index < -0.39 is 0 Å². The van der Waals surface area contributed by atoms with Crippen LogP contribution in [-0.2, 0) is 11.3 Å². The lowest BCUT2D eigenvalue weighted by Crippen LogP contribution is -2.11. The van der Waals surface area contributed by atoms with Crippen LogP contribution < -0.4 is 5.32 Å². The molecule has 2 nitrogen and oxygen atoms in total. The van der Waals surface area contributed by atoms with Gasteiger partial charge in [-0.25, -0.2) is 0 Å². The summed E-state index contributed by atoms with van der Waals surface area (Å²) in [5.74, 6) is 0.827. The van der Waals surface area contributed by atoms with Crippen molar-refractivity contribution < 1.29 is 4.74 Å². The average molecular weight is 233 g/mol. The maximum Gasteiger partial charge on any atom is 0.0721 e. The summed E-state index contributed by atoms with van der Waals surface area (Å²) in [6.45, 7) is 8.33. The zero-order valence-electron chi connectivity index (χ0n) is 11.0. The molecule has 0 radical (unpaired) electrons. The van der Waals surface area contributed by atoms with Crippen LogP contribution in [0, 0.1) is 19.8 Å². The summed E-state index contributed by atoms with van der Waals surface area (Å²) < 4.78 is 5.82. The first kappa shape index (κ1) is 12.6. The smallest absolute Gasteiger partial charge is 0.0721 e. The number of hydrogen-bond acceptors (Lipinski definition) is 2. The fraction of sp³-hybridized carbons (Fsp3) is 0.600. The normalized spacial score (nSPS) is 19.8. The molecule has 0 spiro atoms. The minimum Gasteiger partial charge on any atom is -0.377 e. The van der Waals surface area contributed by atoms with Crippen molar-refractivity contribution in [1.82, 2.24) is 5.32 Å². The summed E-state index contributed by atoms with van der Waals surface area (Å²) in [5, 5.41) is 3.39. The third-order valence-corrected chi connectivity index (χ3v) is 3.72. The molecule has 1 aromatic carbocycles. The van der Waals surface area contributed by atoms with E-state index in [2.05, 4.69) is 37.4 Å². The van der Waals surface area contributed by atoms with Crippen LogP contribution in [0.2, 0.25) is 0 Å². The second kappa shape index (κ2) is 6.18. The van der Waals surface area contributed by atoms with Crippen molar-refractivity contribution in [2.75, 3.05) is 19.7 Å². The highest BCUT2D eigenvalue weighted by Crippen LogP contribution is 2.16. The highest BCUT2D eigenvalue weighted by atomic mass is 16.5. The van der Waals surface area contributed by atoms with Crippen molar-refractivity contribution in [2.24, 2.45) is 5.92 Å². The number of ether oxygens (including phenoxy) is 1. The summed E-state index contributed by atoms with van der Waals surface area (Å²) in [6.07, 6.45) is 2.50. The molecule has 1 heterocycles. The molecule has 0 saturated carbocycles. The molecule has 94 valence electrons. The first-order valence-corrected chi connectivity index (χ1v) is 6.61. The predicted molar refractivity (Wildman–Crippen MR) is 71.2 cm³/mol.